The molecule has 0 aliphatic rings. The molecular formula is C18H14ClF3N2O2. The number of esters is 1. The van der Waals surface area contributed by atoms with Crippen molar-refractivity contribution >= 4 is 28.5 Å². The maximum atomic E-state index is 13.1. The van der Waals surface area contributed by atoms with E-state index in [-0.39, 0.29) is 17.8 Å². The first-order valence-electron chi connectivity index (χ1n) is 7.62. The van der Waals surface area contributed by atoms with E-state index >= 15 is 0 Å². The molecule has 26 heavy (non-hydrogen) atoms. The Bertz CT molecular complexity index is 996. The Morgan fingerprint density at radius 1 is 1.23 bits per heavy atom. The molecule has 136 valence electrons. The number of carbonyl (C=O) groups is 1. The second-order valence-corrected chi connectivity index (χ2v) is 6.23. The number of rotatable bonds is 3. The summed E-state index contributed by atoms with van der Waals surface area (Å²) < 4.78 is 45.3. The minimum Gasteiger partial charge on any atom is -0.464 e. The first-order valence-corrected chi connectivity index (χ1v) is 7.99. The predicted molar refractivity (Wildman–Crippen MR) is 91.4 cm³/mol. The van der Waals surface area contributed by atoms with Gasteiger partial charge in [0.15, 0.2) is 5.69 Å². The lowest BCUT2D eigenvalue weighted by Crippen LogP contribution is -2.07. The standard InChI is InChI=1S/C18H14ClF3N2O2/c1-10-7-13(19)5-3-11(10)9-24-15-8-12(18(20,21)22)4-6-14(15)16(23-24)17(25)26-2/h3-8H,9H2,1-2H3. The van der Waals surface area contributed by atoms with Crippen molar-refractivity contribution in [3.05, 3.63) is 63.8 Å². The summed E-state index contributed by atoms with van der Waals surface area (Å²) in [5, 5.41) is 5.05. The van der Waals surface area contributed by atoms with Crippen LogP contribution in [-0.4, -0.2) is 22.9 Å². The lowest BCUT2D eigenvalue weighted by atomic mass is 10.1. The van der Waals surface area contributed by atoms with E-state index in [1.165, 1.54) is 17.9 Å². The molecule has 1 heterocycles. The summed E-state index contributed by atoms with van der Waals surface area (Å²) in [4.78, 5) is 11.9. The molecule has 0 N–H and O–H groups in total. The lowest BCUT2D eigenvalue weighted by Gasteiger charge is -2.10. The molecule has 2 aromatic carbocycles. The lowest BCUT2D eigenvalue weighted by molar-refractivity contribution is -0.137. The Hall–Kier alpha value is -2.54. The van der Waals surface area contributed by atoms with E-state index in [4.69, 9.17) is 16.3 Å². The number of methoxy groups -OCH3 is 1. The van der Waals surface area contributed by atoms with Gasteiger partial charge in [-0.05, 0) is 48.4 Å². The first kappa shape index (κ1) is 18.3. The van der Waals surface area contributed by atoms with Crippen LogP contribution in [0.2, 0.25) is 5.02 Å². The Kier molecular flexibility index (Phi) is 4.66. The first-order chi connectivity index (χ1) is 12.2. The average molecular weight is 383 g/mol. The van der Waals surface area contributed by atoms with Crippen LogP contribution >= 0.6 is 11.6 Å². The molecule has 0 aliphatic carbocycles. The number of hydrogen-bond acceptors (Lipinski definition) is 3. The highest BCUT2D eigenvalue weighted by Gasteiger charge is 2.31. The van der Waals surface area contributed by atoms with Crippen LogP contribution in [0.1, 0.15) is 27.2 Å². The van der Waals surface area contributed by atoms with E-state index in [1.54, 1.807) is 18.2 Å². The minimum atomic E-state index is -4.50. The summed E-state index contributed by atoms with van der Waals surface area (Å²) in [6, 6.07) is 8.37. The highest BCUT2D eigenvalue weighted by molar-refractivity contribution is 6.30. The number of aryl methyl sites for hydroxylation is 1. The van der Waals surface area contributed by atoms with Gasteiger partial charge in [0.05, 0.1) is 24.7 Å². The summed E-state index contributed by atoms with van der Waals surface area (Å²) in [7, 11) is 1.20. The van der Waals surface area contributed by atoms with Crippen molar-refractivity contribution in [2.45, 2.75) is 19.6 Å². The largest absolute Gasteiger partial charge is 0.464 e. The molecule has 0 aliphatic heterocycles. The van der Waals surface area contributed by atoms with Gasteiger partial charge < -0.3 is 4.74 Å². The molecule has 0 fully saturated rings. The zero-order valence-electron chi connectivity index (χ0n) is 13.9. The molecule has 3 aromatic rings. The number of hydrogen-bond donors (Lipinski definition) is 0. The Labute approximate surface area is 152 Å². The fourth-order valence-electron chi connectivity index (χ4n) is 2.72. The maximum absolute atomic E-state index is 13.1. The molecular weight excluding hydrogens is 369 g/mol. The molecule has 0 spiro atoms. The molecule has 0 saturated heterocycles. The number of ether oxygens (including phenoxy) is 1. The highest BCUT2D eigenvalue weighted by atomic mass is 35.5. The molecule has 1 aromatic heterocycles. The van der Waals surface area contributed by atoms with Gasteiger partial charge in [-0.3, -0.25) is 4.68 Å². The normalized spacial score (nSPS) is 11.8. The fourth-order valence-corrected chi connectivity index (χ4v) is 2.94. The van der Waals surface area contributed by atoms with Crippen molar-refractivity contribution in [3.8, 4) is 0 Å². The molecule has 0 atom stereocenters. The van der Waals surface area contributed by atoms with Gasteiger partial charge in [0.25, 0.3) is 0 Å². The van der Waals surface area contributed by atoms with Crippen LogP contribution in [0.5, 0.6) is 0 Å². The molecule has 0 saturated carbocycles. The van der Waals surface area contributed by atoms with Gasteiger partial charge >= 0.3 is 12.1 Å². The summed E-state index contributed by atoms with van der Waals surface area (Å²) in [5.41, 5.74) is 1.06. The summed E-state index contributed by atoms with van der Waals surface area (Å²) in [6.07, 6.45) is -4.50. The highest BCUT2D eigenvalue weighted by Crippen LogP contribution is 2.32. The smallest absolute Gasteiger partial charge is 0.416 e. The summed E-state index contributed by atoms with van der Waals surface area (Å²) in [6.45, 7) is 2.03. The van der Waals surface area contributed by atoms with Crippen molar-refractivity contribution in [2.75, 3.05) is 7.11 Å². The number of alkyl halides is 3. The number of benzene rings is 2. The average Bonchev–Trinajstić information content (AvgIpc) is 2.94. The van der Waals surface area contributed by atoms with Gasteiger partial charge in [0, 0.05) is 10.4 Å². The van der Waals surface area contributed by atoms with E-state index in [0.29, 0.717) is 10.4 Å². The molecule has 0 radical (unpaired) electrons. The zero-order chi connectivity index (χ0) is 19.1. The topological polar surface area (TPSA) is 44.1 Å². The second-order valence-electron chi connectivity index (χ2n) is 5.80. The van der Waals surface area contributed by atoms with Crippen molar-refractivity contribution in [1.29, 1.82) is 0 Å². The van der Waals surface area contributed by atoms with Crippen LogP contribution in [-0.2, 0) is 17.5 Å². The van der Waals surface area contributed by atoms with E-state index < -0.39 is 17.7 Å². The van der Waals surface area contributed by atoms with Crippen LogP contribution < -0.4 is 0 Å². The molecule has 0 amide bonds. The third kappa shape index (κ3) is 3.39. The SMILES string of the molecule is COC(=O)c1nn(Cc2ccc(Cl)cc2C)c2cc(C(F)(F)F)ccc12. The minimum absolute atomic E-state index is 0.0251. The van der Waals surface area contributed by atoms with Gasteiger partial charge in [0.1, 0.15) is 0 Å². The second kappa shape index (κ2) is 6.64. The monoisotopic (exact) mass is 382 g/mol. The van der Waals surface area contributed by atoms with Gasteiger partial charge in [-0.1, -0.05) is 17.7 Å². The summed E-state index contributed by atoms with van der Waals surface area (Å²) >= 11 is 5.94. The van der Waals surface area contributed by atoms with Crippen LogP contribution in [0.3, 0.4) is 0 Å². The van der Waals surface area contributed by atoms with Gasteiger partial charge in [-0.25, -0.2) is 4.79 Å². The van der Waals surface area contributed by atoms with E-state index in [0.717, 1.165) is 23.3 Å². The van der Waals surface area contributed by atoms with E-state index in [2.05, 4.69) is 5.10 Å². The molecule has 0 bridgehead atoms. The quantitative estimate of drug-likeness (QED) is 0.608. The van der Waals surface area contributed by atoms with Gasteiger partial charge in [-0.15, -0.1) is 0 Å². The van der Waals surface area contributed by atoms with E-state index in [1.807, 2.05) is 6.92 Å². The molecule has 8 heteroatoms. The summed E-state index contributed by atoms with van der Waals surface area (Å²) in [5.74, 6) is -0.707. The Morgan fingerprint density at radius 3 is 2.58 bits per heavy atom. The predicted octanol–water partition coefficient (Wildman–Crippen LogP) is 4.85. The van der Waals surface area contributed by atoms with Gasteiger partial charge in [-0.2, -0.15) is 18.3 Å². The van der Waals surface area contributed by atoms with Crippen molar-refractivity contribution in [2.24, 2.45) is 0 Å². The van der Waals surface area contributed by atoms with Crippen molar-refractivity contribution in [3.63, 3.8) is 0 Å². The molecule has 0 unspecified atom stereocenters. The number of carbonyl (C=O) groups excluding carboxylic acids is 1. The number of nitrogens with zero attached hydrogens (tertiary/aromatic N) is 2. The Balaban J connectivity index is 2.17. The molecule has 3 rings (SSSR count). The molecule has 4 nitrogen and oxygen atoms in total. The van der Waals surface area contributed by atoms with Crippen molar-refractivity contribution < 1.29 is 22.7 Å². The number of fused-ring (bicyclic) bond motifs is 1. The van der Waals surface area contributed by atoms with Crippen LogP contribution in [0.15, 0.2) is 36.4 Å². The van der Waals surface area contributed by atoms with Crippen LogP contribution in [0, 0.1) is 6.92 Å². The van der Waals surface area contributed by atoms with Crippen LogP contribution in [0.25, 0.3) is 10.9 Å². The van der Waals surface area contributed by atoms with Gasteiger partial charge in [0.2, 0.25) is 0 Å². The van der Waals surface area contributed by atoms with Crippen LogP contribution in [0.4, 0.5) is 13.2 Å². The third-order valence-electron chi connectivity index (χ3n) is 4.08. The fraction of sp³-hybridized carbons (Fsp3) is 0.222. The van der Waals surface area contributed by atoms with E-state index in [9.17, 15) is 18.0 Å². The number of aromatic nitrogens is 2. The maximum Gasteiger partial charge on any atom is 0.416 e. The van der Waals surface area contributed by atoms with Crippen molar-refractivity contribution in [1.82, 2.24) is 9.78 Å². The third-order valence-corrected chi connectivity index (χ3v) is 4.32. The number of halogens is 4. The zero-order valence-corrected chi connectivity index (χ0v) is 14.6. The Morgan fingerprint density at radius 2 is 1.96 bits per heavy atom.